The van der Waals surface area contributed by atoms with Crippen molar-refractivity contribution in [3.63, 3.8) is 0 Å². The van der Waals surface area contributed by atoms with E-state index in [-0.39, 0.29) is 29.8 Å². The van der Waals surface area contributed by atoms with Gasteiger partial charge in [0.15, 0.2) is 0 Å². The number of nitrogens with zero attached hydrogens (tertiary/aromatic N) is 2. The highest BCUT2D eigenvalue weighted by Crippen LogP contribution is 2.19. The number of carbonyl (C=O) groups is 2. The van der Waals surface area contributed by atoms with E-state index >= 15 is 0 Å². The Morgan fingerprint density at radius 2 is 1.69 bits per heavy atom. The first-order valence-corrected chi connectivity index (χ1v) is 10.9. The van der Waals surface area contributed by atoms with E-state index in [2.05, 4.69) is 5.32 Å². The highest BCUT2D eigenvalue weighted by Gasteiger charge is 2.29. The maximum Gasteiger partial charge on any atom is 0.251 e. The van der Waals surface area contributed by atoms with Crippen LogP contribution in [0.2, 0.25) is 0 Å². The molecule has 0 aromatic heterocycles. The maximum atomic E-state index is 13.0. The minimum Gasteiger partial charge on any atom is -0.348 e. The summed E-state index contributed by atoms with van der Waals surface area (Å²) in [6, 6.07) is 13.8. The Morgan fingerprint density at radius 3 is 2.34 bits per heavy atom. The number of aryl methyl sites for hydroxylation is 1. The Labute approximate surface area is 171 Å². The summed E-state index contributed by atoms with van der Waals surface area (Å²) >= 11 is 0. The van der Waals surface area contributed by atoms with Crippen molar-refractivity contribution in [2.45, 2.75) is 25.3 Å². The zero-order chi connectivity index (χ0) is 21.0. The Bertz CT molecular complexity index is 1010. The van der Waals surface area contributed by atoms with Gasteiger partial charge < -0.3 is 10.2 Å². The predicted octanol–water partition coefficient (Wildman–Crippen LogP) is 1.78. The van der Waals surface area contributed by atoms with Crippen LogP contribution in [0.25, 0.3) is 0 Å². The molecule has 2 aromatic carbocycles. The van der Waals surface area contributed by atoms with Crippen LogP contribution in [-0.2, 0) is 21.4 Å². The van der Waals surface area contributed by atoms with Crippen LogP contribution < -0.4 is 5.32 Å². The van der Waals surface area contributed by atoms with Crippen molar-refractivity contribution < 1.29 is 18.0 Å². The summed E-state index contributed by atoms with van der Waals surface area (Å²) in [6.45, 7) is 5.03. The highest BCUT2D eigenvalue weighted by molar-refractivity contribution is 7.89. The normalized spacial score (nSPS) is 15.2. The molecule has 1 N–H and O–H groups in total. The lowest BCUT2D eigenvalue weighted by Crippen LogP contribution is -2.49. The second-order valence-corrected chi connectivity index (χ2v) is 8.99. The molecule has 8 heteroatoms. The molecule has 0 unspecified atom stereocenters. The fourth-order valence-electron chi connectivity index (χ4n) is 3.28. The number of rotatable bonds is 5. The van der Waals surface area contributed by atoms with Crippen molar-refractivity contribution in [1.82, 2.24) is 14.5 Å². The number of carbonyl (C=O) groups excluding carboxylic acids is 2. The van der Waals surface area contributed by atoms with E-state index in [1.807, 2.05) is 31.2 Å². The third kappa shape index (κ3) is 4.83. The molecule has 0 radical (unpaired) electrons. The summed E-state index contributed by atoms with van der Waals surface area (Å²) in [5.41, 5.74) is 2.38. The molecular weight excluding hydrogens is 390 g/mol. The van der Waals surface area contributed by atoms with E-state index < -0.39 is 10.0 Å². The molecule has 0 spiro atoms. The van der Waals surface area contributed by atoms with Crippen LogP contribution in [0, 0.1) is 6.92 Å². The largest absolute Gasteiger partial charge is 0.348 e. The molecule has 0 saturated carbocycles. The molecule has 1 aliphatic heterocycles. The maximum absolute atomic E-state index is 13.0. The summed E-state index contributed by atoms with van der Waals surface area (Å²) in [6.07, 6.45) is 0. The quantitative estimate of drug-likeness (QED) is 0.807. The summed E-state index contributed by atoms with van der Waals surface area (Å²) in [4.78, 5) is 25.7. The van der Waals surface area contributed by atoms with Crippen LogP contribution in [0.4, 0.5) is 0 Å². The van der Waals surface area contributed by atoms with Gasteiger partial charge in [-0.25, -0.2) is 8.42 Å². The molecule has 7 nitrogen and oxygen atoms in total. The van der Waals surface area contributed by atoms with Crippen molar-refractivity contribution in [3.8, 4) is 0 Å². The van der Waals surface area contributed by atoms with Crippen LogP contribution in [0.15, 0.2) is 53.4 Å². The highest BCUT2D eigenvalue weighted by atomic mass is 32.2. The van der Waals surface area contributed by atoms with Crippen LogP contribution in [0.5, 0.6) is 0 Å². The first-order valence-electron chi connectivity index (χ1n) is 9.47. The summed E-state index contributed by atoms with van der Waals surface area (Å²) in [7, 11) is -3.73. The molecule has 1 heterocycles. The van der Waals surface area contributed by atoms with Gasteiger partial charge in [-0.1, -0.05) is 30.3 Å². The first kappa shape index (κ1) is 21.0. The number of nitrogens with one attached hydrogen (secondary N) is 1. The number of amides is 2. The minimum absolute atomic E-state index is 0.0608. The van der Waals surface area contributed by atoms with Crippen LogP contribution >= 0.6 is 0 Å². The molecule has 3 rings (SSSR count). The van der Waals surface area contributed by atoms with Crippen LogP contribution in [0.1, 0.15) is 28.4 Å². The number of hydrogen-bond donors (Lipinski definition) is 1. The van der Waals surface area contributed by atoms with E-state index in [9.17, 15) is 18.0 Å². The smallest absolute Gasteiger partial charge is 0.251 e. The lowest BCUT2D eigenvalue weighted by atomic mass is 10.1. The first-order chi connectivity index (χ1) is 13.8. The van der Waals surface area contributed by atoms with Gasteiger partial charge in [0.05, 0.1) is 4.90 Å². The minimum atomic E-state index is -3.73. The molecule has 1 aliphatic rings. The van der Waals surface area contributed by atoms with Gasteiger partial charge in [-0.15, -0.1) is 0 Å². The van der Waals surface area contributed by atoms with Gasteiger partial charge in [0.2, 0.25) is 15.9 Å². The molecule has 1 fully saturated rings. The third-order valence-electron chi connectivity index (χ3n) is 5.12. The average Bonchev–Trinajstić information content (AvgIpc) is 2.73. The fraction of sp³-hybridized carbons (Fsp3) is 0.333. The topological polar surface area (TPSA) is 86.8 Å². The van der Waals surface area contributed by atoms with Gasteiger partial charge >= 0.3 is 0 Å². The zero-order valence-electron chi connectivity index (χ0n) is 16.6. The van der Waals surface area contributed by atoms with Crippen molar-refractivity contribution in [2.75, 3.05) is 26.2 Å². The molecular formula is C21H25N3O4S. The third-order valence-corrected chi connectivity index (χ3v) is 7.01. The molecule has 2 amide bonds. The van der Waals surface area contributed by atoms with Gasteiger partial charge in [-0.3, -0.25) is 9.59 Å². The second kappa shape index (κ2) is 8.75. The fourth-order valence-corrected chi connectivity index (χ4v) is 4.74. The van der Waals surface area contributed by atoms with E-state index in [1.165, 1.54) is 23.4 Å². The van der Waals surface area contributed by atoms with Gasteiger partial charge in [-0.2, -0.15) is 4.31 Å². The lowest BCUT2D eigenvalue weighted by Gasteiger charge is -2.33. The molecule has 154 valence electrons. The van der Waals surface area contributed by atoms with E-state index in [0.717, 1.165) is 11.1 Å². The standard InChI is InChI=1S/C21H25N3O4S/c1-16-6-3-4-7-19(16)15-22-21(26)18-8-5-9-20(14-18)29(27,28)24-12-10-23(11-13-24)17(2)25/h3-9,14H,10-13,15H2,1-2H3,(H,22,26). The molecule has 29 heavy (non-hydrogen) atoms. The molecule has 1 saturated heterocycles. The van der Waals surface area contributed by atoms with E-state index in [4.69, 9.17) is 0 Å². The Morgan fingerprint density at radius 1 is 1.00 bits per heavy atom. The second-order valence-electron chi connectivity index (χ2n) is 7.05. The van der Waals surface area contributed by atoms with Gasteiger partial charge in [0.25, 0.3) is 5.91 Å². The average molecular weight is 416 g/mol. The molecule has 0 atom stereocenters. The van der Waals surface area contributed by atoms with Gasteiger partial charge in [0, 0.05) is 45.2 Å². The van der Waals surface area contributed by atoms with Gasteiger partial charge in [-0.05, 0) is 36.2 Å². The van der Waals surface area contributed by atoms with Crippen LogP contribution in [-0.4, -0.2) is 55.6 Å². The van der Waals surface area contributed by atoms with E-state index in [0.29, 0.717) is 25.2 Å². The van der Waals surface area contributed by atoms with Crippen LogP contribution in [0.3, 0.4) is 0 Å². The van der Waals surface area contributed by atoms with E-state index in [1.54, 1.807) is 17.0 Å². The number of piperazine rings is 1. The molecule has 2 aromatic rings. The van der Waals surface area contributed by atoms with Crippen molar-refractivity contribution in [2.24, 2.45) is 0 Å². The Balaban J connectivity index is 1.70. The SMILES string of the molecule is CC(=O)N1CCN(S(=O)(=O)c2cccc(C(=O)NCc3ccccc3C)c2)CC1. The van der Waals surface area contributed by atoms with Crippen molar-refractivity contribution in [1.29, 1.82) is 0 Å². The number of benzene rings is 2. The Hall–Kier alpha value is -2.71. The molecule has 0 bridgehead atoms. The number of sulfonamides is 1. The summed E-state index contributed by atoms with van der Waals surface area (Å²) in [5, 5.41) is 2.84. The van der Waals surface area contributed by atoms with Crippen molar-refractivity contribution >= 4 is 21.8 Å². The monoisotopic (exact) mass is 415 g/mol. The predicted molar refractivity (Wildman–Crippen MR) is 110 cm³/mol. The Kier molecular flexibility index (Phi) is 6.34. The van der Waals surface area contributed by atoms with Crippen molar-refractivity contribution in [3.05, 3.63) is 65.2 Å². The summed E-state index contributed by atoms with van der Waals surface area (Å²) < 4.78 is 27.3. The molecule has 0 aliphatic carbocycles. The summed E-state index contributed by atoms with van der Waals surface area (Å²) in [5.74, 6) is -0.388. The zero-order valence-corrected chi connectivity index (χ0v) is 17.4. The number of hydrogen-bond acceptors (Lipinski definition) is 4. The lowest BCUT2D eigenvalue weighted by molar-refractivity contribution is -0.129. The van der Waals surface area contributed by atoms with Gasteiger partial charge in [0.1, 0.15) is 0 Å².